The topological polar surface area (TPSA) is 52.7 Å². The molecule has 0 radical (unpaired) electrons. The summed E-state index contributed by atoms with van der Waals surface area (Å²) in [6.07, 6.45) is 6.07. The number of rotatable bonds is 2. The van der Waals surface area contributed by atoms with Gasteiger partial charge in [0.1, 0.15) is 0 Å². The zero-order valence-electron chi connectivity index (χ0n) is 15.1. The van der Waals surface area contributed by atoms with E-state index < -0.39 is 0 Å². The first-order valence-corrected chi connectivity index (χ1v) is 9.61. The molecule has 5 nitrogen and oxygen atoms in total. The lowest BCUT2D eigenvalue weighted by Gasteiger charge is -2.36. The van der Waals surface area contributed by atoms with E-state index in [-0.39, 0.29) is 30.3 Å². The van der Waals surface area contributed by atoms with Crippen LogP contribution in [0.25, 0.3) is 0 Å². The van der Waals surface area contributed by atoms with Crippen LogP contribution in [0.5, 0.6) is 0 Å². The van der Waals surface area contributed by atoms with Crippen LogP contribution in [0.2, 0.25) is 0 Å². The predicted octanol–water partition coefficient (Wildman–Crippen LogP) is 2.31. The molecular formula is C20H28ClN3O2. The molecule has 2 amide bonds. The molecule has 1 aromatic carbocycles. The summed E-state index contributed by atoms with van der Waals surface area (Å²) in [5, 5.41) is 3.58. The van der Waals surface area contributed by atoms with Gasteiger partial charge in [-0.25, -0.2) is 0 Å². The highest BCUT2D eigenvalue weighted by molar-refractivity contribution is 5.94. The highest BCUT2D eigenvalue weighted by Crippen LogP contribution is 2.33. The number of nitrogens with zero attached hydrogens (tertiary/aromatic N) is 2. The van der Waals surface area contributed by atoms with Crippen LogP contribution < -0.4 is 5.32 Å². The fourth-order valence-corrected chi connectivity index (χ4v) is 4.62. The average molecular weight is 378 g/mol. The minimum absolute atomic E-state index is 0. The maximum atomic E-state index is 12.9. The molecule has 0 spiro atoms. The molecule has 1 N–H and O–H groups in total. The van der Waals surface area contributed by atoms with Crippen molar-refractivity contribution in [1.29, 1.82) is 0 Å². The molecule has 0 aromatic heterocycles. The van der Waals surface area contributed by atoms with Crippen LogP contribution >= 0.6 is 12.4 Å². The molecule has 1 saturated carbocycles. The van der Waals surface area contributed by atoms with E-state index in [0.29, 0.717) is 38.1 Å². The molecule has 2 heterocycles. The number of halogens is 1. The molecule has 3 fully saturated rings. The lowest BCUT2D eigenvalue weighted by molar-refractivity contribution is -0.134. The zero-order valence-corrected chi connectivity index (χ0v) is 15.9. The van der Waals surface area contributed by atoms with Gasteiger partial charge in [0, 0.05) is 37.8 Å². The van der Waals surface area contributed by atoms with E-state index in [4.69, 9.17) is 0 Å². The smallest absolute Gasteiger partial charge is 0.253 e. The number of carbonyl (C=O) groups excluding carboxylic acids is 2. The van der Waals surface area contributed by atoms with Crippen molar-refractivity contribution < 1.29 is 9.59 Å². The quantitative estimate of drug-likeness (QED) is 0.860. The first-order chi connectivity index (χ1) is 12.2. The van der Waals surface area contributed by atoms with E-state index >= 15 is 0 Å². The number of amides is 2. The lowest BCUT2D eigenvalue weighted by atomic mass is 9.85. The Bertz CT molecular complexity index is 617. The van der Waals surface area contributed by atoms with Gasteiger partial charge < -0.3 is 15.1 Å². The normalized spacial score (nSPS) is 28.2. The Hall–Kier alpha value is -1.59. The summed E-state index contributed by atoms with van der Waals surface area (Å²) in [7, 11) is 0. The van der Waals surface area contributed by atoms with Gasteiger partial charge in [0.15, 0.2) is 0 Å². The number of fused-ring (bicyclic) bond motifs is 1. The van der Waals surface area contributed by atoms with Gasteiger partial charge >= 0.3 is 0 Å². The molecule has 3 unspecified atom stereocenters. The van der Waals surface area contributed by atoms with Crippen molar-refractivity contribution in [3.8, 4) is 0 Å². The van der Waals surface area contributed by atoms with Gasteiger partial charge in [-0.15, -0.1) is 12.4 Å². The fraction of sp³-hybridized carbons (Fsp3) is 0.600. The van der Waals surface area contributed by atoms with Crippen molar-refractivity contribution in [2.45, 2.75) is 44.2 Å². The van der Waals surface area contributed by atoms with Gasteiger partial charge in [0.05, 0.1) is 6.04 Å². The van der Waals surface area contributed by atoms with Crippen LogP contribution in [0.15, 0.2) is 30.3 Å². The third kappa shape index (κ3) is 3.89. The fourth-order valence-electron chi connectivity index (χ4n) is 4.62. The molecule has 6 heteroatoms. The second kappa shape index (κ2) is 8.40. The molecule has 26 heavy (non-hydrogen) atoms. The van der Waals surface area contributed by atoms with Crippen LogP contribution in [0.4, 0.5) is 0 Å². The number of hydrogen-bond donors (Lipinski definition) is 1. The van der Waals surface area contributed by atoms with Gasteiger partial charge in [-0.3, -0.25) is 9.59 Å². The first-order valence-electron chi connectivity index (χ1n) is 9.61. The minimum Gasteiger partial charge on any atom is -0.338 e. The monoisotopic (exact) mass is 377 g/mol. The number of benzene rings is 1. The standard InChI is InChI=1S/C20H27N3O2.ClH/c24-19(15-6-2-1-3-7-15)22-10-12-23(13-11-22)20(25)18-14-16-8-4-5-9-17(16)21-18;/h1-3,6-7,16-18,21H,4-5,8-14H2;1H. The Morgan fingerprint density at radius 2 is 1.58 bits per heavy atom. The molecule has 1 aliphatic carbocycles. The van der Waals surface area contributed by atoms with Gasteiger partial charge in [0.25, 0.3) is 5.91 Å². The van der Waals surface area contributed by atoms with Crippen LogP contribution in [0, 0.1) is 5.92 Å². The summed E-state index contributed by atoms with van der Waals surface area (Å²) >= 11 is 0. The van der Waals surface area contributed by atoms with E-state index in [0.717, 1.165) is 12.0 Å². The zero-order chi connectivity index (χ0) is 17.2. The third-order valence-corrected chi connectivity index (χ3v) is 6.06. The Balaban J connectivity index is 0.00000196. The summed E-state index contributed by atoms with van der Waals surface area (Å²) < 4.78 is 0. The van der Waals surface area contributed by atoms with Crippen molar-refractivity contribution in [3.05, 3.63) is 35.9 Å². The number of hydrogen-bond acceptors (Lipinski definition) is 3. The molecule has 3 aliphatic rings. The molecule has 3 atom stereocenters. The third-order valence-electron chi connectivity index (χ3n) is 6.06. The molecule has 1 aromatic rings. The van der Waals surface area contributed by atoms with Crippen LogP contribution in [-0.2, 0) is 4.79 Å². The van der Waals surface area contributed by atoms with Gasteiger partial charge in [-0.05, 0) is 37.3 Å². The Morgan fingerprint density at radius 1 is 0.923 bits per heavy atom. The van der Waals surface area contributed by atoms with E-state index in [1.54, 1.807) is 0 Å². The van der Waals surface area contributed by atoms with E-state index in [2.05, 4.69) is 5.32 Å². The molecule has 142 valence electrons. The first kappa shape index (κ1) is 19.2. The molecule has 2 aliphatic heterocycles. The highest BCUT2D eigenvalue weighted by atomic mass is 35.5. The maximum absolute atomic E-state index is 12.9. The van der Waals surface area contributed by atoms with Crippen molar-refractivity contribution in [3.63, 3.8) is 0 Å². The summed E-state index contributed by atoms with van der Waals surface area (Å²) in [5.74, 6) is 0.988. The van der Waals surface area contributed by atoms with Crippen molar-refractivity contribution in [2.24, 2.45) is 5.92 Å². The Morgan fingerprint density at radius 3 is 2.27 bits per heavy atom. The molecule has 0 bridgehead atoms. The minimum atomic E-state index is -0.00975. The van der Waals surface area contributed by atoms with Crippen molar-refractivity contribution >= 4 is 24.2 Å². The highest BCUT2D eigenvalue weighted by Gasteiger charge is 2.40. The van der Waals surface area contributed by atoms with E-state index in [1.807, 2.05) is 40.1 Å². The molecule has 2 saturated heterocycles. The number of carbonyl (C=O) groups is 2. The van der Waals surface area contributed by atoms with Crippen molar-refractivity contribution in [1.82, 2.24) is 15.1 Å². The predicted molar refractivity (Wildman–Crippen MR) is 103 cm³/mol. The van der Waals surface area contributed by atoms with Crippen molar-refractivity contribution in [2.75, 3.05) is 26.2 Å². The van der Waals surface area contributed by atoms with Crippen LogP contribution in [0.3, 0.4) is 0 Å². The van der Waals surface area contributed by atoms with Gasteiger partial charge in [0.2, 0.25) is 5.91 Å². The van der Waals surface area contributed by atoms with E-state index in [9.17, 15) is 9.59 Å². The van der Waals surface area contributed by atoms with Gasteiger partial charge in [-0.2, -0.15) is 0 Å². The summed E-state index contributed by atoms with van der Waals surface area (Å²) in [6, 6.07) is 9.93. The number of nitrogens with one attached hydrogen (secondary N) is 1. The average Bonchev–Trinajstić information content (AvgIpc) is 3.12. The summed E-state index contributed by atoms with van der Waals surface area (Å²) in [4.78, 5) is 29.2. The second-order valence-corrected chi connectivity index (χ2v) is 7.59. The summed E-state index contributed by atoms with van der Waals surface area (Å²) in [6.45, 7) is 2.54. The van der Waals surface area contributed by atoms with Crippen LogP contribution in [0.1, 0.15) is 42.5 Å². The molecule has 4 rings (SSSR count). The molecular weight excluding hydrogens is 350 g/mol. The Kier molecular flexibility index (Phi) is 6.20. The van der Waals surface area contributed by atoms with E-state index in [1.165, 1.54) is 25.7 Å². The largest absolute Gasteiger partial charge is 0.338 e. The SMILES string of the molecule is Cl.O=C(c1ccccc1)N1CCN(C(=O)C2CC3CCCCC3N2)CC1. The summed E-state index contributed by atoms with van der Waals surface area (Å²) in [5.41, 5.74) is 0.726. The second-order valence-electron chi connectivity index (χ2n) is 7.59. The van der Waals surface area contributed by atoms with Gasteiger partial charge in [-0.1, -0.05) is 31.0 Å². The lowest BCUT2D eigenvalue weighted by Crippen LogP contribution is -2.54. The maximum Gasteiger partial charge on any atom is 0.253 e. The van der Waals surface area contributed by atoms with Crippen LogP contribution in [-0.4, -0.2) is 59.9 Å². The Labute approximate surface area is 161 Å². The number of piperazine rings is 1.